The topological polar surface area (TPSA) is 0 Å². The molecule has 59 heavy (non-hydrogen) atoms. The number of hydrogen-bond acceptors (Lipinski definition) is 0. The van der Waals surface area contributed by atoms with Crippen molar-refractivity contribution in [3.63, 3.8) is 0 Å². The van der Waals surface area contributed by atoms with Gasteiger partial charge in [-0.25, -0.2) is 0 Å². The molecule has 8 aromatic rings. The summed E-state index contributed by atoms with van der Waals surface area (Å²) in [4.78, 5) is 0. The first-order valence-corrected chi connectivity index (χ1v) is 26.5. The summed E-state index contributed by atoms with van der Waals surface area (Å²) < 4.78 is 0. The molecule has 2 bridgehead atoms. The first-order valence-electron chi connectivity index (χ1n) is 21.7. The zero-order valence-corrected chi connectivity index (χ0v) is 35.6. The summed E-state index contributed by atoms with van der Waals surface area (Å²) in [5.74, 6) is 2.31. The molecule has 2 aliphatic carbocycles. The van der Waals surface area contributed by atoms with Gasteiger partial charge in [-0.3, -0.25) is 0 Å². The molecule has 0 nitrogen and oxygen atoms in total. The molecule has 0 aromatic heterocycles. The molecule has 2 saturated carbocycles. The normalized spacial score (nSPS) is 20.2. The average molecular weight is 801 g/mol. The summed E-state index contributed by atoms with van der Waals surface area (Å²) in [6.45, 7) is -6.90. The van der Waals surface area contributed by atoms with Gasteiger partial charge in [0.05, 0.1) is 0 Å². The number of fused-ring (bicyclic) bond motifs is 2. The maximum atomic E-state index is 2.48. The van der Waals surface area contributed by atoms with Gasteiger partial charge in [0.15, 0.2) is 0 Å². The van der Waals surface area contributed by atoms with Crippen LogP contribution < -0.4 is 42.4 Å². The van der Waals surface area contributed by atoms with E-state index in [0.29, 0.717) is 23.7 Å². The molecule has 4 atom stereocenters. The van der Waals surface area contributed by atoms with Gasteiger partial charge in [-0.2, -0.15) is 0 Å². The molecule has 0 N–H and O–H groups in total. The average Bonchev–Trinajstić information content (AvgIpc) is 3.95. The fourth-order valence-electron chi connectivity index (χ4n) is 12.6. The van der Waals surface area contributed by atoms with Crippen LogP contribution in [0.4, 0.5) is 0 Å². The number of rotatable bonds is 12. The molecule has 4 unspecified atom stereocenters. The van der Waals surface area contributed by atoms with Crippen molar-refractivity contribution in [1.82, 2.24) is 0 Å². The molecular formula is C57H54P2. The zero-order valence-electron chi connectivity index (χ0n) is 33.8. The van der Waals surface area contributed by atoms with Gasteiger partial charge in [-0.15, -0.1) is 0 Å². The summed E-state index contributed by atoms with van der Waals surface area (Å²) in [5, 5.41) is 11.8. The Kier molecular flexibility index (Phi) is 9.84. The predicted molar refractivity (Wildman–Crippen MR) is 260 cm³/mol. The molecule has 292 valence electrons. The van der Waals surface area contributed by atoms with Crippen LogP contribution in [0.15, 0.2) is 243 Å². The van der Waals surface area contributed by atoms with Crippen LogP contribution in [-0.2, 0) is 0 Å². The predicted octanol–water partition coefficient (Wildman–Crippen LogP) is 10.4. The zero-order chi connectivity index (χ0) is 39.6. The van der Waals surface area contributed by atoms with E-state index < -0.39 is 13.2 Å². The second kappa shape index (κ2) is 15.3. The van der Waals surface area contributed by atoms with Crippen LogP contribution in [-0.4, -0.2) is 12.3 Å². The molecule has 0 aliphatic heterocycles. The van der Waals surface area contributed by atoms with E-state index in [4.69, 9.17) is 0 Å². The fourth-order valence-corrected chi connectivity index (χ4v) is 27.4. The standard InChI is InChI=1S/C57H54P2/c1-9-25-48(26-10-1)58(49-27-11-2-12-28-49,50-29-13-3-14-30-50,51-31-15-4-16-32-51)44-56-46-41-42-47(43-46)57(56)45-59(52-33-17-5-18-34-52,53-35-19-6-20-36-53,54-37-21-7-22-38-54)55-39-23-8-24-40-55/h1-40,46-47,56-57H,41-45H2. The van der Waals surface area contributed by atoms with Crippen molar-refractivity contribution in [2.45, 2.75) is 19.3 Å². The van der Waals surface area contributed by atoms with Crippen molar-refractivity contribution < 1.29 is 0 Å². The fraction of sp³-hybridized carbons (Fsp3) is 0.158. The van der Waals surface area contributed by atoms with Gasteiger partial charge in [0.25, 0.3) is 0 Å². The van der Waals surface area contributed by atoms with Crippen LogP contribution in [0.5, 0.6) is 0 Å². The minimum absolute atomic E-state index is 0.494. The molecule has 0 radical (unpaired) electrons. The van der Waals surface area contributed by atoms with E-state index in [1.807, 2.05) is 0 Å². The van der Waals surface area contributed by atoms with Gasteiger partial charge in [0.1, 0.15) is 0 Å². The van der Waals surface area contributed by atoms with Crippen LogP contribution in [0.2, 0.25) is 0 Å². The Morgan fingerprint density at radius 2 is 0.424 bits per heavy atom. The van der Waals surface area contributed by atoms with Crippen LogP contribution in [0.3, 0.4) is 0 Å². The molecule has 0 amide bonds. The van der Waals surface area contributed by atoms with E-state index in [9.17, 15) is 0 Å². The van der Waals surface area contributed by atoms with Crippen LogP contribution in [0.1, 0.15) is 19.3 Å². The second-order valence-corrected chi connectivity index (χ2v) is 27.4. The third-order valence-corrected chi connectivity index (χ3v) is 28.8. The maximum absolute atomic E-state index is 3.45. The first-order chi connectivity index (χ1) is 29.2. The molecule has 0 spiro atoms. The summed E-state index contributed by atoms with van der Waals surface area (Å²) in [6, 6.07) is 94.1. The molecule has 2 fully saturated rings. The minimum atomic E-state index is -3.45. The quantitative estimate of drug-likeness (QED) is 0.108. The van der Waals surface area contributed by atoms with Gasteiger partial charge >= 0.3 is 354 Å². The second-order valence-electron chi connectivity index (χ2n) is 17.3. The summed E-state index contributed by atoms with van der Waals surface area (Å²) in [6.07, 6.45) is 6.16. The molecule has 2 heteroatoms. The third-order valence-electron chi connectivity index (χ3n) is 15.0. The van der Waals surface area contributed by atoms with E-state index in [1.54, 1.807) is 0 Å². The van der Waals surface area contributed by atoms with Gasteiger partial charge < -0.3 is 0 Å². The Balaban J connectivity index is 1.31. The van der Waals surface area contributed by atoms with Gasteiger partial charge in [0.2, 0.25) is 0 Å². The van der Waals surface area contributed by atoms with Crippen molar-refractivity contribution in [2.75, 3.05) is 12.3 Å². The summed E-state index contributed by atoms with van der Waals surface area (Å²) in [5.41, 5.74) is 0. The Morgan fingerprint density at radius 1 is 0.254 bits per heavy atom. The van der Waals surface area contributed by atoms with Crippen molar-refractivity contribution >= 4 is 55.6 Å². The Bertz CT molecular complexity index is 2070. The van der Waals surface area contributed by atoms with Gasteiger partial charge in [-0.1, -0.05) is 0 Å². The van der Waals surface area contributed by atoms with E-state index in [1.165, 1.54) is 61.7 Å². The summed E-state index contributed by atoms with van der Waals surface area (Å²) in [7, 11) is 0. The Hall–Kier alpha value is -5.38. The first kappa shape index (κ1) is 37.9. The van der Waals surface area contributed by atoms with Gasteiger partial charge in [0, 0.05) is 0 Å². The third kappa shape index (κ3) is 5.57. The number of hydrogen-bond donors (Lipinski definition) is 0. The van der Waals surface area contributed by atoms with Crippen molar-refractivity contribution in [3.8, 4) is 0 Å². The molecule has 10 rings (SSSR count). The van der Waals surface area contributed by atoms with E-state index >= 15 is 0 Å². The summed E-state index contributed by atoms with van der Waals surface area (Å²) >= 11 is 0. The molecule has 8 aromatic carbocycles. The number of benzene rings is 8. The van der Waals surface area contributed by atoms with Crippen LogP contribution in [0, 0.1) is 23.7 Å². The van der Waals surface area contributed by atoms with Gasteiger partial charge in [-0.05, 0) is 0 Å². The SMILES string of the molecule is c1ccc(P(CC2C3CCC(C3)C2CP(c2ccccc2)(c2ccccc2)(c2ccccc2)c2ccccc2)(c2ccccc2)(c2ccccc2)c2ccccc2)cc1. The molecular weight excluding hydrogens is 747 g/mol. The van der Waals surface area contributed by atoms with Crippen molar-refractivity contribution in [1.29, 1.82) is 0 Å². The Morgan fingerprint density at radius 3 is 0.593 bits per heavy atom. The molecule has 0 saturated heterocycles. The van der Waals surface area contributed by atoms with Crippen LogP contribution >= 0.6 is 13.2 Å². The van der Waals surface area contributed by atoms with Crippen molar-refractivity contribution in [2.24, 2.45) is 23.7 Å². The van der Waals surface area contributed by atoms with E-state index in [0.717, 1.165) is 12.3 Å². The molecule has 2 aliphatic rings. The molecule has 0 heterocycles. The van der Waals surface area contributed by atoms with E-state index in [-0.39, 0.29) is 0 Å². The van der Waals surface area contributed by atoms with E-state index in [2.05, 4.69) is 243 Å². The van der Waals surface area contributed by atoms with Crippen molar-refractivity contribution in [3.05, 3.63) is 243 Å². The Labute approximate surface area is 351 Å². The van der Waals surface area contributed by atoms with Crippen LogP contribution in [0.25, 0.3) is 0 Å². The monoisotopic (exact) mass is 800 g/mol.